The van der Waals surface area contributed by atoms with Crippen molar-refractivity contribution >= 4 is 27.4 Å². The van der Waals surface area contributed by atoms with Crippen LogP contribution in [-0.4, -0.2) is 21.0 Å². The van der Waals surface area contributed by atoms with E-state index in [4.69, 9.17) is 10.00 Å². The first-order valence-corrected chi connectivity index (χ1v) is 9.27. The Bertz CT molecular complexity index is 1010. The first-order valence-electron chi connectivity index (χ1n) is 7.79. The number of anilines is 2. The summed E-state index contributed by atoms with van der Waals surface area (Å²) in [4.78, 5) is 11.1. The van der Waals surface area contributed by atoms with Gasteiger partial charge in [-0.05, 0) is 31.2 Å². The summed E-state index contributed by atoms with van der Waals surface area (Å²) in [6, 6.07) is 12.8. The lowest BCUT2D eigenvalue weighted by molar-refractivity contribution is -0.138. The van der Waals surface area contributed by atoms with Crippen molar-refractivity contribution in [3.8, 4) is 6.07 Å². The molecule has 0 aromatic heterocycles. The van der Waals surface area contributed by atoms with E-state index in [2.05, 4.69) is 10.0 Å². The predicted molar refractivity (Wildman–Crippen MR) is 97.6 cm³/mol. The summed E-state index contributed by atoms with van der Waals surface area (Å²) in [5, 5.41) is 11.7. The molecule has 0 aliphatic rings. The second-order valence-corrected chi connectivity index (χ2v) is 6.77. The molecule has 0 saturated heterocycles. The molecule has 0 amide bonds. The van der Waals surface area contributed by atoms with Crippen molar-refractivity contribution in [3.05, 3.63) is 66.1 Å². The van der Waals surface area contributed by atoms with Crippen LogP contribution in [0.4, 0.5) is 15.8 Å². The van der Waals surface area contributed by atoms with Gasteiger partial charge in [0.05, 0.1) is 18.0 Å². The molecule has 27 heavy (non-hydrogen) atoms. The van der Waals surface area contributed by atoms with Crippen LogP contribution in [0.1, 0.15) is 6.92 Å². The predicted octanol–water partition coefficient (Wildman–Crippen LogP) is 3.01. The lowest BCUT2D eigenvalue weighted by atomic mass is 10.2. The van der Waals surface area contributed by atoms with E-state index in [1.54, 1.807) is 25.1 Å². The first kappa shape index (κ1) is 19.9. The summed E-state index contributed by atoms with van der Waals surface area (Å²) < 4.78 is 45.7. The largest absolute Gasteiger partial charge is 0.462 e. The molecule has 2 aromatic rings. The third-order valence-corrected chi connectivity index (χ3v) is 4.68. The zero-order valence-corrected chi connectivity index (χ0v) is 15.1. The molecule has 0 fully saturated rings. The molecule has 0 aliphatic heterocycles. The van der Waals surface area contributed by atoms with Crippen LogP contribution in [0.2, 0.25) is 0 Å². The Hall–Kier alpha value is -3.38. The highest BCUT2D eigenvalue weighted by Gasteiger charge is 2.19. The van der Waals surface area contributed by atoms with Crippen LogP contribution in [0.5, 0.6) is 0 Å². The number of carbonyl (C=O) groups is 1. The summed E-state index contributed by atoms with van der Waals surface area (Å²) in [6.45, 7) is 1.71. The fourth-order valence-corrected chi connectivity index (χ4v) is 3.22. The summed E-state index contributed by atoms with van der Waals surface area (Å²) in [5.74, 6) is -1.69. The Kier molecular flexibility index (Phi) is 6.51. The van der Waals surface area contributed by atoms with Gasteiger partial charge in [-0.1, -0.05) is 24.3 Å². The van der Waals surface area contributed by atoms with Crippen LogP contribution in [0, 0.1) is 17.1 Å². The second-order valence-electron chi connectivity index (χ2n) is 5.12. The number of carbonyl (C=O) groups excluding carboxylic acids is 1. The minimum absolute atomic E-state index is 0.108. The Balaban J connectivity index is 2.30. The summed E-state index contributed by atoms with van der Waals surface area (Å²) in [7, 11) is -4.18. The maximum absolute atomic E-state index is 13.8. The van der Waals surface area contributed by atoms with E-state index >= 15 is 0 Å². The van der Waals surface area contributed by atoms with Crippen molar-refractivity contribution < 1.29 is 22.3 Å². The van der Waals surface area contributed by atoms with Crippen molar-refractivity contribution in [2.75, 3.05) is 16.6 Å². The highest BCUT2D eigenvalue weighted by atomic mass is 32.2. The lowest BCUT2D eigenvalue weighted by Crippen LogP contribution is -2.15. The molecule has 140 valence electrons. The number of hydrogen-bond donors (Lipinski definition) is 2. The number of para-hydroxylation sites is 2. The van der Waals surface area contributed by atoms with Crippen LogP contribution in [0.3, 0.4) is 0 Å². The minimum Gasteiger partial charge on any atom is -0.462 e. The number of halogens is 1. The number of esters is 1. The number of rotatable bonds is 7. The zero-order chi connectivity index (χ0) is 19.9. The molecule has 0 unspecified atom stereocenters. The molecule has 0 spiro atoms. The Morgan fingerprint density at radius 3 is 2.44 bits per heavy atom. The molecule has 2 aromatic carbocycles. The van der Waals surface area contributed by atoms with Crippen LogP contribution >= 0.6 is 0 Å². The van der Waals surface area contributed by atoms with Gasteiger partial charge < -0.3 is 10.1 Å². The van der Waals surface area contributed by atoms with E-state index < -0.39 is 26.7 Å². The average molecular weight is 389 g/mol. The van der Waals surface area contributed by atoms with Crippen LogP contribution < -0.4 is 10.0 Å². The molecule has 0 saturated carbocycles. The monoisotopic (exact) mass is 389 g/mol. The van der Waals surface area contributed by atoms with Crippen LogP contribution in [-0.2, 0) is 19.6 Å². The van der Waals surface area contributed by atoms with Crippen molar-refractivity contribution in [2.45, 2.75) is 11.8 Å². The van der Waals surface area contributed by atoms with E-state index in [1.807, 2.05) is 0 Å². The van der Waals surface area contributed by atoms with Crippen molar-refractivity contribution in [1.82, 2.24) is 0 Å². The maximum Gasteiger partial charge on any atom is 0.350 e. The molecule has 9 heteroatoms. The molecule has 0 radical (unpaired) electrons. The molecular formula is C18H16FN3O4S. The third-order valence-electron chi connectivity index (χ3n) is 3.29. The van der Waals surface area contributed by atoms with Crippen LogP contribution in [0.25, 0.3) is 0 Å². The van der Waals surface area contributed by atoms with Gasteiger partial charge in [0, 0.05) is 6.20 Å². The summed E-state index contributed by atoms with van der Waals surface area (Å²) >= 11 is 0. The highest BCUT2D eigenvalue weighted by molar-refractivity contribution is 7.92. The van der Waals surface area contributed by atoms with E-state index in [-0.39, 0.29) is 23.6 Å². The molecule has 0 heterocycles. The van der Waals surface area contributed by atoms with Gasteiger partial charge in [0.25, 0.3) is 10.0 Å². The van der Waals surface area contributed by atoms with Gasteiger partial charge in [-0.2, -0.15) is 5.26 Å². The van der Waals surface area contributed by atoms with Gasteiger partial charge in [-0.25, -0.2) is 17.6 Å². The van der Waals surface area contributed by atoms with Gasteiger partial charge in [-0.3, -0.25) is 4.72 Å². The quantitative estimate of drug-likeness (QED) is 0.428. The molecule has 0 bridgehead atoms. The Labute approximate surface area is 156 Å². The van der Waals surface area contributed by atoms with E-state index in [0.717, 1.165) is 18.3 Å². The Morgan fingerprint density at radius 2 is 1.81 bits per heavy atom. The number of nitrogens with one attached hydrogen (secondary N) is 2. The van der Waals surface area contributed by atoms with Gasteiger partial charge in [0.2, 0.25) is 0 Å². The number of hydrogen-bond acceptors (Lipinski definition) is 6. The minimum atomic E-state index is -4.18. The van der Waals surface area contributed by atoms with Gasteiger partial charge in [0.1, 0.15) is 16.8 Å². The first-order chi connectivity index (χ1) is 12.9. The van der Waals surface area contributed by atoms with E-state index in [9.17, 15) is 17.6 Å². The standard InChI is InChI=1S/C18H16FN3O4S/c1-2-26-18(23)13(11-20)12-21-15-8-4-5-9-16(15)22-27(24,25)17-10-6-3-7-14(17)19/h3-10,12,21-22H,2H2,1H3/b13-12+. The molecule has 7 nitrogen and oxygen atoms in total. The molecular weight excluding hydrogens is 373 g/mol. The number of nitrogens with zero attached hydrogens (tertiary/aromatic N) is 1. The molecule has 0 atom stereocenters. The topological polar surface area (TPSA) is 108 Å². The van der Waals surface area contributed by atoms with Gasteiger partial charge in [0.15, 0.2) is 5.57 Å². The number of sulfonamides is 1. The second kappa shape index (κ2) is 8.82. The molecule has 2 N–H and O–H groups in total. The number of benzene rings is 2. The normalized spacial score (nSPS) is 11.4. The average Bonchev–Trinajstić information content (AvgIpc) is 2.63. The fourth-order valence-electron chi connectivity index (χ4n) is 2.06. The zero-order valence-electron chi connectivity index (χ0n) is 14.3. The summed E-state index contributed by atoms with van der Waals surface area (Å²) in [6.07, 6.45) is 1.11. The highest BCUT2D eigenvalue weighted by Crippen LogP contribution is 2.25. The SMILES string of the molecule is CCOC(=O)/C(C#N)=C/Nc1ccccc1NS(=O)(=O)c1ccccc1F. The van der Waals surface area contributed by atoms with Crippen molar-refractivity contribution in [2.24, 2.45) is 0 Å². The van der Waals surface area contributed by atoms with Crippen molar-refractivity contribution in [3.63, 3.8) is 0 Å². The number of nitriles is 1. The van der Waals surface area contributed by atoms with Crippen molar-refractivity contribution in [1.29, 1.82) is 5.26 Å². The molecule has 2 rings (SSSR count). The smallest absolute Gasteiger partial charge is 0.350 e. The van der Waals surface area contributed by atoms with Gasteiger partial charge in [-0.15, -0.1) is 0 Å². The summed E-state index contributed by atoms with van der Waals surface area (Å²) in [5.41, 5.74) is 0.0798. The Morgan fingerprint density at radius 1 is 1.19 bits per heavy atom. The fraction of sp³-hybridized carbons (Fsp3) is 0.111. The van der Waals surface area contributed by atoms with E-state index in [0.29, 0.717) is 0 Å². The number of ether oxygens (including phenoxy) is 1. The van der Waals surface area contributed by atoms with E-state index in [1.165, 1.54) is 24.3 Å². The lowest BCUT2D eigenvalue weighted by Gasteiger charge is -2.13. The molecule has 0 aliphatic carbocycles. The maximum atomic E-state index is 13.8. The van der Waals surface area contributed by atoms with Crippen LogP contribution in [0.15, 0.2) is 65.2 Å². The van der Waals surface area contributed by atoms with Gasteiger partial charge >= 0.3 is 5.97 Å². The third kappa shape index (κ3) is 5.05.